The second-order valence-electron chi connectivity index (χ2n) is 9.04. The summed E-state index contributed by atoms with van der Waals surface area (Å²) in [6.45, 7) is 4.38. The van der Waals surface area contributed by atoms with Crippen LogP contribution < -0.4 is 21.3 Å². The first-order valence-corrected chi connectivity index (χ1v) is 11.8. The molecule has 2 aliphatic rings. The van der Waals surface area contributed by atoms with Gasteiger partial charge in [-0.1, -0.05) is 19.1 Å². The van der Waals surface area contributed by atoms with E-state index in [1.807, 2.05) is 38.2 Å². The molecule has 1 aliphatic carbocycles. The molecule has 10 nitrogen and oxygen atoms in total. The van der Waals surface area contributed by atoms with Gasteiger partial charge in [0.05, 0.1) is 6.20 Å². The van der Waals surface area contributed by atoms with Crippen molar-refractivity contribution in [2.75, 3.05) is 30.8 Å². The van der Waals surface area contributed by atoms with Crippen LogP contribution in [0.1, 0.15) is 31.7 Å². The summed E-state index contributed by atoms with van der Waals surface area (Å²) in [5.74, 6) is 2.69. The van der Waals surface area contributed by atoms with E-state index < -0.39 is 0 Å². The Hall–Kier alpha value is -3.53. The highest BCUT2D eigenvalue weighted by Gasteiger charge is 2.43. The molecule has 0 bridgehead atoms. The first-order valence-electron chi connectivity index (χ1n) is 11.8. The molecule has 4 N–H and O–H groups in total. The van der Waals surface area contributed by atoms with E-state index in [0.29, 0.717) is 29.8 Å². The van der Waals surface area contributed by atoms with Gasteiger partial charge >= 0.3 is 0 Å². The van der Waals surface area contributed by atoms with E-state index in [2.05, 4.69) is 30.7 Å². The lowest BCUT2D eigenvalue weighted by molar-refractivity contribution is -0.121. The third-order valence-corrected chi connectivity index (χ3v) is 6.85. The van der Waals surface area contributed by atoms with Crippen LogP contribution in [0.3, 0.4) is 0 Å². The summed E-state index contributed by atoms with van der Waals surface area (Å²) in [7, 11) is 1.91. The van der Waals surface area contributed by atoms with Crippen LogP contribution in [0.5, 0.6) is 0 Å². The van der Waals surface area contributed by atoms with Gasteiger partial charge in [-0.25, -0.2) is 9.97 Å². The molecular weight excluding hydrogens is 432 g/mol. The smallest absolute Gasteiger partial charge is 0.270 e. The van der Waals surface area contributed by atoms with Gasteiger partial charge in [0.25, 0.3) is 5.89 Å². The highest BCUT2D eigenvalue weighted by atomic mass is 16.4. The van der Waals surface area contributed by atoms with Crippen molar-refractivity contribution in [2.45, 2.75) is 38.8 Å². The molecule has 1 aromatic carbocycles. The minimum atomic E-state index is 0.113. The number of hydrogen-bond acceptors (Lipinski definition) is 9. The molecule has 1 saturated heterocycles. The maximum Gasteiger partial charge on any atom is 0.270 e. The van der Waals surface area contributed by atoms with Crippen molar-refractivity contribution in [3.8, 4) is 23.0 Å². The fraction of sp³-hybridized carbons (Fsp3) is 0.458. The molecule has 0 radical (unpaired) electrons. The first-order chi connectivity index (χ1) is 16.6. The highest BCUT2D eigenvalue weighted by molar-refractivity contribution is 5.76. The van der Waals surface area contributed by atoms with Crippen LogP contribution in [0.15, 0.2) is 34.9 Å². The van der Waals surface area contributed by atoms with Gasteiger partial charge in [-0.2, -0.15) is 0 Å². The number of amides is 1. The Morgan fingerprint density at radius 3 is 2.74 bits per heavy atom. The van der Waals surface area contributed by atoms with Crippen molar-refractivity contribution >= 4 is 17.5 Å². The number of carbonyl (C=O) groups excluding carboxylic acids is 1. The van der Waals surface area contributed by atoms with E-state index in [9.17, 15) is 4.79 Å². The van der Waals surface area contributed by atoms with Crippen LogP contribution in [0, 0.1) is 11.8 Å². The molecule has 2 fully saturated rings. The molecule has 1 aliphatic heterocycles. The molecule has 1 saturated carbocycles. The van der Waals surface area contributed by atoms with Gasteiger partial charge < -0.3 is 25.7 Å². The zero-order valence-electron chi connectivity index (χ0n) is 19.5. The zero-order valence-corrected chi connectivity index (χ0v) is 19.5. The second kappa shape index (κ2) is 9.38. The number of carbonyl (C=O) groups is 1. The number of fused-ring (bicyclic) bond motifs is 1. The van der Waals surface area contributed by atoms with Crippen molar-refractivity contribution in [1.29, 1.82) is 0 Å². The van der Waals surface area contributed by atoms with Crippen LogP contribution in [0.2, 0.25) is 0 Å². The number of hydrogen-bond donors (Lipinski definition) is 3. The van der Waals surface area contributed by atoms with Gasteiger partial charge in [-0.3, -0.25) is 4.79 Å². The molecule has 34 heavy (non-hydrogen) atoms. The fourth-order valence-corrected chi connectivity index (χ4v) is 5.04. The maximum absolute atomic E-state index is 11.9. The molecule has 1 amide bonds. The van der Waals surface area contributed by atoms with Crippen molar-refractivity contribution in [2.24, 2.45) is 11.8 Å². The highest BCUT2D eigenvalue weighted by Crippen LogP contribution is 2.40. The monoisotopic (exact) mass is 462 g/mol. The Kier molecular flexibility index (Phi) is 6.14. The molecule has 3 aromatic rings. The van der Waals surface area contributed by atoms with Crippen molar-refractivity contribution in [1.82, 2.24) is 30.8 Å². The predicted molar refractivity (Wildman–Crippen MR) is 129 cm³/mol. The number of nitrogen functional groups attached to an aromatic ring is 1. The Bertz CT molecular complexity index is 1160. The number of aromatic nitrogens is 4. The molecule has 0 spiro atoms. The number of rotatable bonds is 7. The first kappa shape index (κ1) is 22.3. The van der Waals surface area contributed by atoms with E-state index in [1.54, 1.807) is 6.20 Å². The Balaban J connectivity index is 1.34. The van der Waals surface area contributed by atoms with Gasteiger partial charge in [0.1, 0.15) is 5.82 Å². The Morgan fingerprint density at radius 2 is 1.97 bits per heavy atom. The molecule has 5 rings (SSSR count). The van der Waals surface area contributed by atoms with Crippen molar-refractivity contribution in [3.05, 3.63) is 36.0 Å². The average molecular weight is 463 g/mol. The summed E-state index contributed by atoms with van der Waals surface area (Å²) in [5.41, 5.74) is 8.51. The minimum Gasteiger partial charge on any atom is -0.414 e. The summed E-state index contributed by atoms with van der Waals surface area (Å²) in [6.07, 6.45) is 4.34. The van der Waals surface area contributed by atoms with Gasteiger partial charge in [0.15, 0.2) is 11.5 Å². The topological polar surface area (TPSA) is 135 Å². The van der Waals surface area contributed by atoms with Crippen LogP contribution in [-0.4, -0.2) is 52.3 Å². The summed E-state index contributed by atoms with van der Waals surface area (Å²) in [5, 5.41) is 14.7. The normalized spacial score (nSPS) is 21.6. The Labute approximate surface area is 198 Å². The molecule has 3 atom stereocenters. The average Bonchev–Trinajstić information content (AvgIpc) is 3.58. The van der Waals surface area contributed by atoms with E-state index in [0.717, 1.165) is 43.9 Å². The van der Waals surface area contributed by atoms with Gasteiger partial charge in [0.2, 0.25) is 11.8 Å². The number of nitrogens with two attached hydrogens (primary N) is 1. The van der Waals surface area contributed by atoms with E-state index in [-0.39, 0.29) is 23.7 Å². The maximum atomic E-state index is 11.9. The van der Waals surface area contributed by atoms with Gasteiger partial charge in [-0.15, -0.1) is 10.2 Å². The summed E-state index contributed by atoms with van der Waals surface area (Å²) < 4.78 is 5.92. The number of anilines is 2. The summed E-state index contributed by atoms with van der Waals surface area (Å²) in [6, 6.07) is 8.16. The van der Waals surface area contributed by atoms with Crippen LogP contribution >= 0.6 is 0 Å². The second-order valence-corrected chi connectivity index (χ2v) is 9.04. The minimum absolute atomic E-state index is 0.113. The Morgan fingerprint density at radius 1 is 1.18 bits per heavy atom. The summed E-state index contributed by atoms with van der Waals surface area (Å²) >= 11 is 0. The lowest BCUT2D eigenvalue weighted by Crippen LogP contribution is -2.39. The number of nitrogens with zero attached hydrogens (tertiary/aromatic N) is 5. The van der Waals surface area contributed by atoms with Crippen molar-refractivity contribution in [3.63, 3.8) is 0 Å². The van der Waals surface area contributed by atoms with Crippen molar-refractivity contribution < 1.29 is 9.21 Å². The molecule has 2 aromatic heterocycles. The molecule has 1 unspecified atom stereocenters. The largest absolute Gasteiger partial charge is 0.414 e. The van der Waals surface area contributed by atoms with Crippen LogP contribution in [-0.2, 0) is 11.3 Å². The van der Waals surface area contributed by atoms with E-state index in [4.69, 9.17) is 15.1 Å². The third kappa shape index (κ3) is 4.33. The zero-order chi connectivity index (χ0) is 23.7. The van der Waals surface area contributed by atoms with E-state index >= 15 is 0 Å². The summed E-state index contributed by atoms with van der Waals surface area (Å²) in [4.78, 5) is 23.2. The number of nitrogens with one attached hydrogen (secondary N) is 2. The van der Waals surface area contributed by atoms with Gasteiger partial charge in [0, 0.05) is 43.6 Å². The standard InChI is InChI=1S/C24H30N8O2/c1-3-20(33)28-18-9-8-16-12-32(13-17(16)18)19-11-27-22(25)21(29-19)24-31-30-23(34-24)15-6-4-14(5-7-15)10-26-2/h4-7,11,16-18,26H,3,8-10,12-13H2,1-2H3,(H2,25,27)(H,28,33)/t16-,17+,18?/m0/s1. The van der Waals surface area contributed by atoms with Crippen LogP contribution in [0.4, 0.5) is 11.6 Å². The molecule has 3 heterocycles. The SMILES string of the molecule is CCC(=O)NC1CC[C@H]2CN(c3cnc(N)c(-c4nnc(-c5ccc(CNC)cc5)o4)n3)C[C@@H]12. The van der Waals surface area contributed by atoms with Crippen LogP contribution in [0.25, 0.3) is 23.0 Å². The van der Waals surface area contributed by atoms with E-state index in [1.165, 1.54) is 5.56 Å². The lowest BCUT2D eigenvalue weighted by atomic mass is 9.98. The molecule has 10 heteroatoms. The van der Waals surface area contributed by atoms with Gasteiger partial charge in [-0.05, 0) is 43.5 Å². The predicted octanol–water partition coefficient (Wildman–Crippen LogP) is 2.24. The molecular formula is C24H30N8O2. The quantitative estimate of drug-likeness (QED) is 0.483. The number of benzene rings is 1. The third-order valence-electron chi connectivity index (χ3n) is 6.85. The molecule has 178 valence electrons. The lowest BCUT2D eigenvalue weighted by Gasteiger charge is -2.22. The fourth-order valence-electron chi connectivity index (χ4n) is 5.04.